The Labute approximate surface area is 128 Å². The van der Waals surface area contributed by atoms with E-state index >= 15 is 0 Å². The molecule has 0 spiro atoms. The first-order valence-corrected chi connectivity index (χ1v) is 7.05. The smallest absolute Gasteiger partial charge is 0.316 e. The number of carboxylic acids is 1. The lowest BCUT2D eigenvalue weighted by atomic mass is 9.99. The number of anilines is 1. The molecule has 1 fully saturated rings. The second-order valence-corrected chi connectivity index (χ2v) is 5.28. The van der Waals surface area contributed by atoms with Crippen molar-refractivity contribution in [2.45, 2.75) is 18.9 Å². The van der Waals surface area contributed by atoms with E-state index in [0.29, 0.717) is 24.3 Å². The number of nitrogens with two attached hydrogens (primary N) is 1. The average Bonchev–Trinajstić information content (AvgIpc) is 2.50. The van der Waals surface area contributed by atoms with E-state index in [1.54, 1.807) is 31.3 Å². The molecular formula is C15H19N3O4. The highest BCUT2D eigenvalue weighted by Crippen LogP contribution is 2.28. The molecular weight excluding hydrogens is 286 g/mol. The van der Waals surface area contributed by atoms with Crippen LogP contribution in [-0.4, -0.2) is 47.9 Å². The van der Waals surface area contributed by atoms with Gasteiger partial charge < -0.3 is 20.6 Å². The molecule has 2 amide bonds. The van der Waals surface area contributed by atoms with E-state index in [9.17, 15) is 14.4 Å². The van der Waals surface area contributed by atoms with E-state index in [0.717, 1.165) is 0 Å². The topological polar surface area (TPSA) is 104 Å². The molecule has 0 radical (unpaired) electrons. The monoisotopic (exact) mass is 305 g/mol. The van der Waals surface area contributed by atoms with E-state index in [2.05, 4.69) is 0 Å². The molecule has 0 saturated carbocycles. The number of aliphatic carboxylic acids is 1. The zero-order valence-corrected chi connectivity index (χ0v) is 12.4. The number of carbonyl (C=O) groups excluding carboxylic acids is 2. The molecule has 0 aromatic heterocycles. The molecule has 1 aliphatic heterocycles. The maximum atomic E-state index is 12.2. The highest BCUT2D eigenvalue weighted by atomic mass is 16.4. The van der Waals surface area contributed by atoms with Crippen LogP contribution in [0.4, 0.5) is 5.69 Å². The SMILES string of the molecule is CN1CCN(c2ccccc2C(N)CCC(=O)O)C(=O)C1=O. The summed E-state index contributed by atoms with van der Waals surface area (Å²) >= 11 is 0. The fraction of sp³-hybridized carbons (Fsp3) is 0.400. The summed E-state index contributed by atoms with van der Waals surface area (Å²) in [5.41, 5.74) is 7.31. The summed E-state index contributed by atoms with van der Waals surface area (Å²) in [4.78, 5) is 37.5. The van der Waals surface area contributed by atoms with Crippen molar-refractivity contribution in [3.8, 4) is 0 Å². The van der Waals surface area contributed by atoms with E-state index < -0.39 is 23.8 Å². The van der Waals surface area contributed by atoms with Gasteiger partial charge in [-0.2, -0.15) is 0 Å². The average molecular weight is 305 g/mol. The number of hydrogen-bond donors (Lipinski definition) is 2. The maximum absolute atomic E-state index is 12.2. The summed E-state index contributed by atoms with van der Waals surface area (Å²) in [7, 11) is 1.59. The molecule has 1 heterocycles. The van der Waals surface area contributed by atoms with E-state index in [1.807, 2.05) is 0 Å². The highest BCUT2D eigenvalue weighted by Gasteiger charge is 2.32. The van der Waals surface area contributed by atoms with Gasteiger partial charge >= 0.3 is 17.8 Å². The van der Waals surface area contributed by atoms with Gasteiger partial charge in [-0.25, -0.2) is 0 Å². The lowest BCUT2D eigenvalue weighted by molar-refractivity contribution is -0.145. The van der Waals surface area contributed by atoms with Gasteiger partial charge in [0.1, 0.15) is 0 Å². The zero-order chi connectivity index (χ0) is 16.3. The van der Waals surface area contributed by atoms with Gasteiger partial charge in [-0.05, 0) is 18.1 Å². The molecule has 1 saturated heterocycles. The zero-order valence-electron chi connectivity index (χ0n) is 12.4. The van der Waals surface area contributed by atoms with Crippen LogP contribution in [0.5, 0.6) is 0 Å². The first-order valence-electron chi connectivity index (χ1n) is 7.05. The highest BCUT2D eigenvalue weighted by molar-refractivity contribution is 6.41. The van der Waals surface area contributed by atoms with Crippen LogP contribution in [0.15, 0.2) is 24.3 Å². The molecule has 7 heteroatoms. The van der Waals surface area contributed by atoms with Crippen LogP contribution >= 0.6 is 0 Å². The number of rotatable bonds is 5. The molecule has 118 valence electrons. The summed E-state index contributed by atoms with van der Waals surface area (Å²) in [5, 5.41) is 8.76. The van der Waals surface area contributed by atoms with Gasteiger partial charge in [0, 0.05) is 38.3 Å². The number of amides is 2. The number of carbonyl (C=O) groups is 3. The normalized spacial score (nSPS) is 16.8. The van der Waals surface area contributed by atoms with Crippen LogP contribution in [0.2, 0.25) is 0 Å². The first-order chi connectivity index (χ1) is 10.4. The quantitative estimate of drug-likeness (QED) is 0.764. The molecule has 1 aromatic rings. The summed E-state index contributed by atoms with van der Waals surface area (Å²) in [6.45, 7) is 0.840. The number of piperazine rings is 1. The molecule has 22 heavy (non-hydrogen) atoms. The predicted molar refractivity (Wildman–Crippen MR) is 80.2 cm³/mol. The third-order valence-electron chi connectivity index (χ3n) is 3.73. The molecule has 2 rings (SSSR count). The van der Waals surface area contributed by atoms with Crippen LogP contribution < -0.4 is 10.6 Å². The van der Waals surface area contributed by atoms with Gasteiger partial charge in [0.15, 0.2) is 0 Å². The van der Waals surface area contributed by atoms with Crippen molar-refractivity contribution in [3.05, 3.63) is 29.8 Å². The molecule has 7 nitrogen and oxygen atoms in total. The van der Waals surface area contributed by atoms with Gasteiger partial charge in [0.05, 0.1) is 0 Å². The van der Waals surface area contributed by atoms with Crippen molar-refractivity contribution < 1.29 is 19.5 Å². The van der Waals surface area contributed by atoms with Crippen LogP contribution in [0, 0.1) is 0 Å². The predicted octanol–water partition coefficient (Wildman–Crippen LogP) is 0.356. The van der Waals surface area contributed by atoms with Gasteiger partial charge in [0.2, 0.25) is 0 Å². The van der Waals surface area contributed by atoms with E-state index in [1.165, 1.54) is 9.80 Å². The van der Waals surface area contributed by atoms with Crippen molar-refractivity contribution in [1.29, 1.82) is 0 Å². The Morgan fingerprint density at radius 1 is 1.27 bits per heavy atom. The second kappa shape index (κ2) is 6.57. The first kappa shape index (κ1) is 16.0. The fourth-order valence-electron chi connectivity index (χ4n) is 2.44. The third kappa shape index (κ3) is 3.25. The van der Waals surface area contributed by atoms with Crippen molar-refractivity contribution in [2.75, 3.05) is 25.0 Å². The Kier molecular flexibility index (Phi) is 4.77. The Balaban J connectivity index is 2.26. The summed E-state index contributed by atoms with van der Waals surface area (Å²) in [6.07, 6.45) is 0.216. The van der Waals surface area contributed by atoms with Crippen LogP contribution in [-0.2, 0) is 14.4 Å². The number of likely N-dealkylation sites (N-methyl/N-ethyl adjacent to an activating group) is 1. The van der Waals surface area contributed by atoms with Crippen molar-refractivity contribution in [3.63, 3.8) is 0 Å². The Morgan fingerprint density at radius 2 is 1.95 bits per heavy atom. The Hall–Kier alpha value is -2.41. The van der Waals surface area contributed by atoms with Gasteiger partial charge in [-0.1, -0.05) is 18.2 Å². The number of para-hydroxylation sites is 1. The van der Waals surface area contributed by atoms with Crippen molar-refractivity contribution >= 4 is 23.5 Å². The summed E-state index contributed by atoms with van der Waals surface area (Å²) < 4.78 is 0. The molecule has 1 aliphatic rings. The van der Waals surface area contributed by atoms with Gasteiger partial charge in [-0.3, -0.25) is 14.4 Å². The van der Waals surface area contributed by atoms with Crippen LogP contribution in [0.25, 0.3) is 0 Å². The number of nitrogens with zero attached hydrogens (tertiary/aromatic N) is 2. The number of carboxylic acid groups (broad SMARTS) is 1. The molecule has 3 N–H and O–H groups in total. The Bertz CT molecular complexity index is 602. The van der Waals surface area contributed by atoms with Crippen molar-refractivity contribution in [2.24, 2.45) is 5.73 Å². The van der Waals surface area contributed by atoms with Gasteiger partial charge in [0.25, 0.3) is 0 Å². The Morgan fingerprint density at radius 3 is 2.64 bits per heavy atom. The minimum atomic E-state index is -0.918. The number of benzene rings is 1. The molecule has 1 atom stereocenters. The van der Waals surface area contributed by atoms with Gasteiger partial charge in [-0.15, -0.1) is 0 Å². The molecule has 0 aliphatic carbocycles. The van der Waals surface area contributed by atoms with Crippen LogP contribution in [0.1, 0.15) is 24.4 Å². The van der Waals surface area contributed by atoms with Crippen molar-refractivity contribution in [1.82, 2.24) is 4.90 Å². The second-order valence-electron chi connectivity index (χ2n) is 5.28. The fourth-order valence-corrected chi connectivity index (χ4v) is 2.44. The molecule has 1 aromatic carbocycles. The molecule has 1 unspecified atom stereocenters. The maximum Gasteiger partial charge on any atom is 0.316 e. The minimum absolute atomic E-state index is 0.0505. The molecule has 0 bridgehead atoms. The summed E-state index contributed by atoms with van der Waals surface area (Å²) in [6, 6.07) is 6.53. The van der Waals surface area contributed by atoms with E-state index in [4.69, 9.17) is 10.8 Å². The summed E-state index contributed by atoms with van der Waals surface area (Å²) in [5.74, 6) is -2.06. The lowest BCUT2D eigenvalue weighted by Gasteiger charge is -2.33. The largest absolute Gasteiger partial charge is 0.481 e. The van der Waals surface area contributed by atoms with E-state index in [-0.39, 0.29) is 12.8 Å². The lowest BCUT2D eigenvalue weighted by Crippen LogP contribution is -2.53. The standard InChI is InChI=1S/C15H19N3O4/c1-17-8-9-18(15(22)14(17)21)12-5-3-2-4-10(12)11(16)6-7-13(19)20/h2-5,11H,6-9,16H2,1H3,(H,19,20). The third-order valence-corrected chi connectivity index (χ3v) is 3.73. The minimum Gasteiger partial charge on any atom is -0.481 e. The van der Waals surface area contributed by atoms with Crippen LogP contribution in [0.3, 0.4) is 0 Å². The number of hydrogen-bond acceptors (Lipinski definition) is 4.